The normalized spacial score (nSPS) is 11.8. The molecule has 0 saturated heterocycles. The number of methoxy groups -OCH3 is 1. The predicted molar refractivity (Wildman–Crippen MR) is 81.2 cm³/mol. The molecule has 1 unspecified atom stereocenters. The van der Waals surface area contributed by atoms with Gasteiger partial charge in [0.15, 0.2) is 0 Å². The van der Waals surface area contributed by atoms with E-state index in [2.05, 4.69) is 6.07 Å². The number of hydrogen-bond donors (Lipinski definition) is 0. The lowest BCUT2D eigenvalue weighted by Crippen LogP contribution is -2.05. The van der Waals surface area contributed by atoms with Crippen LogP contribution in [0, 0.1) is 24.1 Å². The van der Waals surface area contributed by atoms with Gasteiger partial charge in [-0.15, -0.1) is 0 Å². The summed E-state index contributed by atoms with van der Waals surface area (Å²) in [5.41, 5.74) is 2.12. The summed E-state index contributed by atoms with van der Waals surface area (Å²) in [6.07, 6.45) is 0.210. The van der Waals surface area contributed by atoms with Gasteiger partial charge < -0.3 is 4.74 Å². The lowest BCUT2D eigenvalue weighted by atomic mass is 9.91. The Morgan fingerprint density at radius 3 is 2.71 bits per heavy atom. The highest BCUT2D eigenvalue weighted by Crippen LogP contribution is 2.32. The molecule has 0 bridgehead atoms. The van der Waals surface area contributed by atoms with Crippen LogP contribution in [-0.2, 0) is 6.42 Å². The van der Waals surface area contributed by atoms with Gasteiger partial charge in [-0.25, -0.2) is 4.39 Å². The Hall–Kier alpha value is -2.05. The lowest BCUT2D eigenvalue weighted by molar-refractivity contribution is 0.407. The number of benzene rings is 2. The highest BCUT2D eigenvalue weighted by Gasteiger charge is 2.20. The molecule has 2 aromatic rings. The first-order valence-corrected chi connectivity index (χ1v) is 6.91. The molecule has 0 spiro atoms. The highest BCUT2D eigenvalue weighted by molar-refractivity contribution is 6.31. The zero-order valence-corrected chi connectivity index (χ0v) is 12.6. The van der Waals surface area contributed by atoms with E-state index in [9.17, 15) is 9.65 Å². The molecule has 2 aromatic carbocycles. The number of aryl methyl sites for hydroxylation is 1. The van der Waals surface area contributed by atoms with Crippen molar-refractivity contribution in [1.29, 1.82) is 5.26 Å². The largest absolute Gasteiger partial charge is 0.496 e. The first-order valence-electron chi connectivity index (χ1n) is 6.54. The van der Waals surface area contributed by atoms with Crippen LogP contribution in [0.3, 0.4) is 0 Å². The molecule has 0 aliphatic carbocycles. The summed E-state index contributed by atoms with van der Waals surface area (Å²) < 4.78 is 19.2. The molecule has 0 saturated carbocycles. The zero-order valence-electron chi connectivity index (χ0n) is 11.9. The Labute approximate surface area is 128 Å². The molecule has 0 N–H and O–H groups in total. The minimum atomic E-state index is -0.519. The smallest absolute Gasteiger partial charge is 0.127 e. The molecule has 21 heavy (non-hydrogen) atoms. The Bertz CT molecular complexity index is 673. The van der Waals surface area contributed by atoms with E-state index >= 15 is 0 Å². The van der Waals surface area contributed by atoms with Gasteiger partial charge in [-0.3, -0.25) is 0 Å². The molecule has 0 amide bonds. The third kappa shape index (κ3) is 3.34. The van der Waals surface area contributed by atoms with Gasteiger partial charge in [0.05, 0.1) is 19.1 Å². The van der Waals surface area contributed by atoms with Gasteiger partial charge in [-0.05, 0) is 31.5 Å². The van der Waals surface area contributed by atoms with E-state index in [1.165, 1.54) is 6.07 Å². The molecule has 0 aromatic heterocycles. The van der Waals surface area contributed by atoms with Gasteiger partial charge in [0.25, 0.3) is 0 Å². The topological polar surface area (TPSA) is 33.0 Å². The van der Waals surface area contributed by atoms with Crippen LogP contribution in [0.25, 0.3) is 0 Å². The van der Waals surface area contributed by atoms with Gasteiger partial charge in [0.1, 0.15) is 11.6 Å². The van der Waals surface area contributed by atoms with Crippen molar-refractivity contribution < 1.29 is 9.13 Å². The quantitative estimate of drug-likeness (QED) is 0.824. The van der Waals surface area contributed by atoms with Crippen LogP contribution in [0.2, 0.25) is 5.02 Å². The van der Waals surface area contributed by atoms with Crippen molar-refractivity contribution in [3.05, 3.63) is 63.9 Å². The first kappa shape index (κ1) is 15.3. The van der Waals surface area contributed by atoms with Crippen LogP contribution in [0.15, 0.2) is 36.4 Å². The summed E-state index contributed by atoms with van der Waals surface area (Å²) in [6.45, 7) is 1.94. The van der Waals surface area contributed by atoms with Gasteiger partial charge in [-0.1, -0.05) is 35.4 Å². The fourth-order valence-electron chi connectivity index (χ4n) is 2.28. The van der Waals surface area contributed by atoms with Crippen LogP contribution in [-0.4, -0.2) is 7.11 Å². The van der Waals surface area contributed by atoms with Crippen LogP contribution in [0.5, 0.6) is 5.75 Å². The molecule has 2 nitrogen and oxygen atoms in total. The molecule has 0 aliphatic rings. The third-order valence-electron chi connectivity index (χ3n) is 3.39. The van der Waals surface area contributed by atoms with Gasteiger partial charge in [0, 0.05) is 16.1 Å². The summed E-state index contributed by atoms with van der Waals surface area (Å²) in [7, 11) is 1.55. The Kier molecular flexibility index (Phi) is 4.82. The second-order valence-electron chi connectivity index (χ2n) is 4.83. The Balaban J connectivity index is 2.42. The molecular formula is C17H15ClFNO. The van der Waals surface area contributed by atoms with E-state index in [0.717, 1.165) is 11.1 Å². The predicted octanol–water partition coefficient (Wildman–Crippen LogP) is 4.65. The second kappa shape index (κ2) is 6.60. The number of nitriles is 1. The molecular weight excluding hydrogens is 289 g/mol. The average Bonchev–Trinajstić information content (AvgIpc) is 2.47. The van der Waals surface area contributed by atoms with Crippen molar-refractivity contribution in [3.63, 3.8) is 0 Å². The van der Waals surface area contributed by atoms with Crippen LogP contribution < -0.4 is 4.74 Å². The number of halogens is 2. The Morgan fingerprint density at radius 1 is 1.33 bits per heavy atom. The van der Waals surface area contributed by atoms with Crippen LogP contribution >= 0.6 is 11.6 Å². The maximum atomic E-state index is 13.9. The summed E-state index contributed by atoms with van der Waals surface area (Å²) in [5, 5.41) is 9.80. The van der Waals surface area contributed by atoms with Gasteiger partial charge >= 0.3 is 0 Å². The number of ether oxygens (including phenoxy) is 1. The first-order chi connectivity index (χ1) is 10.1. The van der Waals surface area contributed by atoms with Crippen LogP contribution in [0.4, 0.5) is 4.39 Å². The van der Waals surface area contributed by atoms with Crippen molar-refractivity contribution in [1.82, 2.24) is 0 Å². The number of hydrogen-bond acceptors (Lipinski definition) is 2. The zero-order chi connectivity index (χ0) is 15.4. The van der Waals surface area contributed by atoms with E-state index < -0.39 is 11.7 Å². The van der Waals surface area contributed by atoms with Crippen molar-refractivity contribution >= 4 is 11.6 Å². The molecule has 0 heterocycles. The number of nitrogens with zero attached hydrogens (tertiary/aromatic N) is 1. The monoisotopic (exact) mass is 303 g/mol. The summed E-state index contributed by atoms with van der Waals surface area (Å²) in [5.74, 6) is -0.289. The molecule has 1 atom stereocenters. The highest BCUT2D eigenvalue weighted by atomic mass is 35.5. The van der Waals surface area contributed by atoms with E-state index in [1.807, 2.05) is 25.1 Å². The van der Waals surface area contributed by atoms with E-state index in [1.54, 1.807) is 19.2 Å². The molecule has 108 valence electrons. The maximum absolute atomic E-state index is 13.9. The standard InChI is InChI=1S/C17H15ClFNO/c1-11-6-7-17(21-2)13(8-11)12(10-20)9-14-15(18)4-3-5-16(14)19/h3-8,12H,9H2,1-2H3. The van der Waals surface area contributed by atoms with Crippen molar-refractivity contribution in [2.45, 2.75) is 19.3 Å². The van der Waals surface area contributed by atoms with Crippen LogP contribution in [0.1, 0.15) is 22.6 Å². The van der Waals surface area contributed by atoms with Gasteiger partial charge in [-0.2, -0.15) is 5.26 Å². The number of rotatable bonds is 4. The lowest BCUT2D eigenvalue weighted by Gasteiger charge is -2.15. The van der Waals surface area contributed by atoms with Crippen molar-refractivity contribution in [3.8, 4) is 11.8 Å². The van der Waals surface area contributed by atoms with E-state index in [4.69, 9.17) is 16.3 Å². The summed E-state index contributed by atoms with van der Waals surface area (Å²) >= 11 is 6.04. The summed E-state index contributed by atoms with van der Waals surface area (Å²) in [4.78, 5) is 0. The fraction of sp³-hybridized carbons (Fsp3) is 0.235. The minimum Gasteiger partial charge on any atom is -0.496 e. The molecule has 0 radical (unpaired) electrons. The maximum Gasteiger partial charge on any atom is 0.127 e. The fourth-order valence-corrected chi connectivity index (χ4v) is 2.52. The Morgan fingerprint density at radius 2 is 2.10 bits per heavy atom. The molecule has 2 rings (SSSR count). The van der Waals surface area contributed by atoms with Crippen molar-refractivity contribution in [2.24, 2.45) is 0 Å². The second-order valence-corrected chi connectivity index (χ2v) is 5.24. The molecule has 0 aliphatic heterocycles. The minimum absolute atomic E-state index is 0.210. The summed E-state index contributed by atoms with van der Waals surface area (Å²) in [6, 6.07) is 12.4. The third-order valence-corrected chi connectivity index (χ3v) is 3.74. The van der Waals surface area contributed by atoms with E-state index in [-0.39, 0.29) is 6.42 Å². The SMILES string of the molecule is COc1ccc(C)cc1C(C#N)Cc1c(F)cccc1Cl. The average molecular weight is 304 g/mol. The van der Waals surface area contributed by atoms with Crippen molar-refractivity contribution in [2.75, 3.05) is 7.11 Å². The molecule has 0 fully saturated rings. The van der Waals surface area contributed by atoms with Gasteiger partial charge in [0.2, 0.25) is 0 Å². The molecule has 4 heteroatoms. The van der Waals surface area contributed by atoms with E-state index in [0.29, 0.717) is 16.3 Å².